The topological polar surface area (TPSA) is 8.17 Å². The maximum Gasteiger partial charge on any atom is 0.0541 e. The van der Waals surface area contributed by atoms with Crippen LogP contribution in [-0.4, -0.2) is 4.57 Å². The van der Waals surface area contributed by atoms with Crippen molar-refractivity contribution in [2.75, 3.05) is 4.90 Å². The molecule has 51 heavy (non-hydrogen) atoms. The molecule has 0 unspecified atom stereocenters. The van der Waals surface area contributed by atoms with E-state index in [9.17, 15) is 0 Å². The third kappa shape index (κ3) is 5.01. The van der Waals surface area contributed by atoms with Gasteiger partial charge in [-0.25, -0.2) is 0 Å². The van der Waals surface area contributed by atoms with Crippen LogP contribution in [0.1, 0.15) is 0 Å². The van der Waals surface area contributed by atoms with Gasteiger partial charge in [0.2, 0.25) is 0 Å². The Morgan fingerprint density at radius 1 is 0.353 bits per heavy atom. The number of rotatable bonds is 6. The molecule has 0 atom stereocenters. The van der Waals surface area contributed by atoms with Gasteiger partial charge in [-0.15, -0.1) is 11.3 Å². The normalized spacial score (nSPS) is 11.5. The molecule has 0 fully saturated rings. The van der Waals surface area contributed by atoms with Crippen LogP contribution in [0.5, 0.6) is 0 Å². The second-order valence-electron chi connectivity index (χ2n) is 13.0. The van der Waals surface area contributed by atoms with Crippen LogP contribution in [0.4, 0.5) is 17.1 Å². The van der Waals surface area contributed by atoms with Crippen molar-refractivity contribution in [3.05, 3.63) is 194 Å². The van der Waals surface area contributed by atoms with Gasteiger partial charge in [0, 0.05) is 53.6 Å². The Kier molecular flexibility index (Phi) is 7.04. The Labute approximate surface area is 300 Å². The Morgan fingerprint density at radius 2 is 0.863 bits per heavy atom. The van der Waals surface area contributed by atoms with Crippen LogP contribution >= 0.6 is 11.3 Å². The number of benzene rings is 8. The van der Waals surface area contributed by atoms with Crippen LogP contribution < -0.4 is 4.90 Å². The maximum absolute atomic E-state index is 2.41. The van der Waals surface area contributed by atoms with Gasteiger partial charge in [-0.2, -0.15) is 0 Å². The average Bonchev–Trinajstić information content (AvgIpc) is 3.74. The summed E-state index contributed by atoms with van der Waals surface area (Å²) in [7, 11) is 0. The van der Waals surface area contributed by atoms with Crippen molar-refractivity contribution in [2.24, 2.45) is 0 Å². The van der Waals surface area contributed by atoms with Crippen LogP contribution in [0.25, 0.3) is 69.9 Å². The number of fused-ring (bicyclic) bond motifs is 6. The summed E-state index contributed by atoms with van der Waals surface area (Å²) in [5, 5.41) is 5.18. The Hall–Kier alpha value is -6.42. The average molecular weight is 669 g/mol. The predicted octanol–water partition coefficient (Wildman–Crippen LogP) is 14.0. The van der Waals surface area contributed by atoms with Crippen LogP contribution in [0.2, 0.25) is 0 Å². The summed E-state index contributed by atoms with van der Waals surface area (Å²) < 4.78 is 5.07. The zero-order valence-electron chi connectivity index (χ0n) is 27.8. The van der Waals surface area contributed by atoms with Gasteiger partial charge in [0.25, 0.3) is 0 Å². The summed E-state index contributed by atoms with van der Waals surface area (Å²) in [6, 6.07) is 70.3. The highest BCUT2D eigenvalue weighted by atomic mass is 32.1. The van der Waals surface area contributed by atoms with Crippen molar-refractivity contribution >= 4 is 70.4 Å². The summed E-state index contributed by atoms with van der Waals surface area (Å²) in [4.78, 5) is 2.34. The predicted molar refractivity (Wildman–Crippen MR) is 219 cm³/mol. The largest absolute Gasteiger partial charge is 0.311 e. The smallest absolute Gasteiger partial charge is 0.0541 e. The first-order valence-corrected chi connectivity index (χ1v) is 18.2. The molecule has 0 aliphatic carbocycles. The van der Waals surface area contributed by atoms with Crippen LogP contribution in [0.3, 0.4) is 0 Å². The van der Waals surface area contributed by atoms with Crippen LogP contribution in [0.15, 0.2) is 194 Å². The van der Waals surface area contributed by atoms with Gasteiger partial charge in [0.15, 0.2) is 0 Å². The Morgan fingerprint density at radius 3 is 1.57 bits per heavy atom. The molecule has 2 nitrogen and oxygen atoms in total. The lowest BCUT2D eigenvalue weighted by Gasteiger charge is -2.26. The summed E-state index contributed by atoms with van der Waals surface area (Å²) in [5.41, 5.74) is 11.8. The van der Waals surface area contributed by atoms with Crippen LogP contribution in [0, 0.1) is 0 Å². The third-order valence-corrected chi connectivity index (χ3v) is 11.2. The molecule has 8 aromatic carbocycles. The summed E-state index contributed by atoms with van der Waals surface area (Å²) in [6.45, 7) is 0. The van der Waals surface area contributed by atoms with Crippen molar-refractivity contribution in [1.29, 1.82) is 0 Å². The molecule has 10 aromatic rings. The first-order valence-electron chi connectivity index (χ1n) is 17.4. The van der Waals surface area contributed by atoms with Gasteiger partial charge in [-0.05, 0) is 89.5 Å². The monoisotopic (exact) mass is 668 g/mol. The molecule has 2 aromatic heterocycles. The molecule has 240 valence electrons. The lowest BCUT2D eigenvalue weighted by Crippen LogP contribution is -2.09. The lowest BCUT2D eigenvalue weighted by atomic mass is 10.0. The highest BCUT2D eigenvalue weighted by Crippen LogP contribution is 2.40. The Balaban J connectivity index is 1.03. The number of hydrogen-bond acceptors (Lipinski definition) is 2. The maximum atomic E-state index is 2.41. The van der Waals surface area contributed by atoms with Crippen molar-refractivity contribution in [1.82, 2.24) is 4.57 Å². The standard InChI is InChI=1S/C48H32N2S/c1-2-12-36(13-3-1)49(37-27-22-33(23-28-37)35-26-31-48-43(32-35)42-17-7-11-21-47(42)51-48)38-29-24-34(25-30-38)39-14-4-8-18-44(39)50-45-19-9-5-15-40(45)41-16-6-10-20-46(41)50/h1-32H. The molecule has 0 aliphatic heterocycles. The lowest BCUT2D eigenvalue weighted by molar-refractivity contribution is 1.18. The van der Waals surface area contributed by atoms with E-state index in [4.69, 9.17) is 0 Å². The zero-order valence-corrected chi connectivity index (χ0v) is 28.6. The number of para-hydroxylation sites is 4. The minimum atomic E-state index is 1.11. The molecule has 0 bridgehead atoms. The van der Waals surface area contributed by atoms with E-state index in [1.807, 2.05) is 11.3 Å². The van der Waals surface area contributed by atoms with E-state index in [0.717, 1.165) is 17.1 Å². The van der Waals surface area contributed by atoms with Gasteiger partial charge in [0.1, 0.15) is 0 Å². The van der Waals surface area contributed by atoms with Crippen molar-refractivity contribution in [3.63, 3.8) is 0 Å². The molecule has 2 heterocycles. The van der Waals surface area contributed by atoms with Gasteiger partial charge < -0.3 is 9.47 Å². The van der Waals surface area contributed by atoms with E-state index < -0.39 is 0 Å². The minimum absolute atomic E-state index is 1.11. The molecular formula is C48H32N2S. The molecular weight excluding hydrogens is 637 g/mol. The molecule has 10 rings (SSSR count). The fraction of sp³-hybridized carbons (Fsp3) is 0. The Bertz CT molecular complexity index is 2790. The highest BCUT2D eigenvalue weighted by Gasteiger charge is 2.17. The van der Waals surface area contributed by atoms with E-state index in [1.165, 1.54) is 69.9 Å². The SMILES string of the molecule is c1ccc(N(c2ccc(-c3ccc4sc5ccccc5c4c3)cc2)c2ccc(-c3ccccc3-n3c4ccccc4c4ccccc43)cc2)cc1. The van der Waals surface area contributed by atoms with E-state index in [1.54, 1.807) is 0 Å². The van der Waals surface area contributed by atoms with E-state index >= 15 is 0 Å². The first-order chi connectivity index (χ1) is 25.3. The molecule has 0 radical (unpaired) electrons. The zero-order chi connectivity index (χ0) is 33.7. The molecule has 0 saturated heterocycles. The first kappa shape index (κ1) is 29.5. The second-order valence-corrected chi connectivity index (χ2v) is 14.0. The number of thiophene rings is 1. The molecule has 0 amide bonds. The summed E-state index contributed by atoms with van der Waals surface area (Å²) in [5.74, 6) is 0. The molecule has 0 aliphatic rings. The fourth-order valence-corrected chi connectivity index (χ4v) is 8.70. The number of anilines is 3. The van der Waals surface area contributed by atoms with Crippen LogP contribution in [-0.2, 0) is 0 Å². The quantitative estimate of drug-likeness (QED) is 0.171. The number of nitrogens with zero attached hydrogens (tertiary/aromatic N) is 2. The van der Waals surface area contributed by atoms with E-state index in [2.05, 4.69) is 204 Å². The molecule has 0 spiro atoms. The minimum Gasteiger partial charge on any atom is -0.311 e. The second kappa shape index (κ2) is 12.2. The van der Waals surface area contributed by atoms with Gasteiger partial charge >= 0.3 is 0 Å². The summed E-state index contributed by atoms with van der Waals surface area (Å²) >= 11 is 1.86. The van der Waals surface area contributed by atoms with Crippen molar-refractivity contribution < 1.29 is 0 Å². The van der Waals surface area contributed by atoms with Gasteiger partial charge in [0.05, 0.1) is 16.7 Å². The number of aromatic nitrogens is 1. The highest BCUT2D eigenvalue weighted by molar-refractivity contribution is 7.25. The van der Waals surface area contributed by atoms with Crippen molar-refractivity contribution in [2.45, 2.75) is 0 Å². The van der Waals surface area contributed by atoms with E-state index in [-0.39, 0.29) is 0 Å². The molecule has 3 heteroatoms. The van der Waals surface area contributed by atoms with E-state index in [0.29, 0.717) is 0 Å². The van der Waals surface area contributed by atoms with Gasteiger partial charge in [-0.3, -0.25) is 0 Å². The molecule has 0 N–H and O–H groups in total. The fourth-order valence-electron chi connectivity index (χ4n) is 7.62. The molecule has 0 saturated carbocycles. The summed E-state index contributed by atoms with van der Waals surface area (Å²) in [6.07, 6.45) is 0. The van der Waals surface area contributed by atoms with Gasteiger partial charge in [-0.1, -0.05) is 121 Å². The third-order valence-electron chi connectivity index (χ3n) is 10.0. The number of hydrogen-bond donors (Lipinski definition) is 0. The van der Waals surface area contributed by atoms with Crippen molar-refractivity contribution in [3.8, 4) is 27.9 Å².